The Morgan fingerprint density at radius 2 is 1.82 bits per heavy atom. The summed E-state index contributed by atoms with van der Waals surface area (Å²) >= 11 is 7.58. The molecule has 0 aliphatic carbocycles. The van der Waals surface area contributed by atoms with Gasteiger partial charge in [-0.1, -0.05) is 35.9 Å². The van der Waals surface area contributed by atoms with Gasteiger partial charge in [0, 0.05) is 23.1 Å². The minimum atomic E-state index is -4.21. The summed E-state index contributed by atoms with van der Waals surface area (Å²) in [5.74, 6) is 0.532. The second kappa shape index (κ2) is 12.1. The third-order valence-electron chi connectivity index (χ3n) is 4.78. The van der Waals surface area contributed by atoms with Crippen LogP contribution in [0.3, 0.4) is 0 Å². The molecule has 10 heteroatoms. The van der Waals surface area contributed by atoms with E-state index in [-0.39, 0.29) is 10.6 Å². The molecular weight excluding hydrogens is 499 g/mol. The fourth-order valence-electron chi connectivity index (χ4n) is 3.09. The SMILES string of the molecule is COc1ccc(S(=O)(=O)N(CC(=O)NCCSCc2cccc(Cl)c2)c2ccccc2F)cc1. The highest BCUT2D eigenvalue weighted by Crippen LogP contribution is 2.27. The molecule has 3 aromatic carbocycles. The fourth-order valence-corrected chi connectivity index (χ4v) is 5.54. The predicted molar refractivity (Wildman–Crippen MR) is 135 cm³/mol. The Morgan fingerprint density at radius 1 is 1.09 bits per heavy atom. The molecule has 3 aromatic rings. The highest BCUT2D eigenvalue weighted by Gasteiger charge is 2.29. The van der Waals surface area contributed by atoms with Crippen molar-refractivity contribution in [3.05, 3.63) is 89.2 Å². The number of benzene rings is 3. The summed E-state index contributed by atoms with van der Waals surface area (Å²) < 4.78 is 47.0. The highest BCUT2D eigenvalue weighted by molar-refractivity contribution is 7.98. The maximum absolute atomic E-state index is 14.5. The summed E-state index contributed by atoms with van der Waals surface area (Å²) in [6, 6.07) is 18.6. The van der Waals surface area contributed by atoms with Crippen molar-refractivity contribution in [2.75, 3.05) is 30.3 Å². The number of thioether (sulfide) groups is 1. The number of rotatable bonds is 11. The zero-order chi connectivity index (χ0) is 24.6. The van der Waals surface area contributed by atoms with Crippen LogP contribution in [-0.2, 0) is 20.6 Å². The summed E-state index contributed by atoms with van der Waals surface area (Å²) in [4.78, 5) is 12.5. The first-order valence-electron chi connectivity index (χ1n) is 10.3. The van der Waals surface area contributed by atoms with Gasteiger partial charge in [0.15, 0.2) is 0 Å². The Kier molecular flexibility index (Phi) is 9.20. The molecule has 0 bridgehead atoms. The standard InChI is InChI=1S/C24H24ClFN2O4S2/c1-32-20-9-11-21(12-10-20)34(30,31)28(23-8-3-2-7-22(23)26)16-24(29)27-13-14-33-17-18-5-4-6-19(25)15-18/h2-12,15H,13-14,16-17H2,1H3,(H,27,29). The van der Waals surface area contributed by atoms with Gasteiger partial charge in [0.05, 0.1) is 17.7 Å². The lowest BCUT2D eigenvalue weighted by atomic mass is 10.2. The van der Waals surface area contributed by atoms with Gasteiger partial charge in [0.25, 0.3) is 10.0 Å². The van der Waals surface area contributed by atoms with E-state index in [4.69, 9.17) is 16.3 Å². The molecule has 0 unspecified atom stereocenters. The molecule has 0 aromatic heterocycles. The van der Waals surface area contributed by atoms with Gasteiger partial charge in [0.1, 0.15) is 18.1 Å². The normalized spacial score (nSPS) is 11.1. The van der Waals surface area contributed by atoms with Gasteiger partial charge in [-0.05, 0) is 54.1 Å². The second-order valence-corrected chi connectivity index (χ2v) is 10.6. The van der Waals surface area contributed by atoms with Crippen LogP contribution in [0.25, 0.3) is 0 Å². The molecule has 6 nitrogen and oxygen atoms in total. The predicted octanol–water partition coefficient (Wildman–Crippen LogP) is 4.73. The first kappa shape index (κ1) is 25.9. The Labute approximate surface area is 208 Å². The van der Waals surface area contributed by atoms with Gasteiger partial charge < -0.3 is 10.1 Å². The quantitative estimate of drug-likeness (QED) is 0.368. The smallest absolute Gasteiger partial charge is 0.264 e. The van der Waals surface area contributed by atoms with Crippen molar-refractivity contribution in [2.24, 2.45) is 0 Å². The van der Waals surface area contributed by atoms with E-state index < -0.39 is 28.3 Å². The number of para-hydroxylation sites is 1. The largest absolute Gasteiger partial charge is 0.497 e. The van der Waals surface area contributed by atoms with E-state index in [1.807, 2.05) is 18.2 Å². The zero-order valence-electron chi connectivity index (χ0n) is 18.4. The minimum absolute atomic E-state index is 0.0820. The highest BCUT2D eigenvalue weighted by atomic mass is 35.5. The molecule has 0 aliphatic rings. The number of methoxy groups -OCH3 is 1. The molecule has 0 heterocycles. The molecule has 0 saturated heterocycles. The Balaban J connectivity index is 1.66. The number of amides is 1. The molecule has 0 aliphatic heterocycles. The van der Waals surface area contributed by atoms with E-state index in [0.29, 0.717) is 23.1 Å². The number of nitrogens with one attached hydrogen (secondary N) is 1. The molecule has 0 atom stereocenters. The summed E-state index contributed by atoms with van der Waals surface area (Å²) in [7, 11) is -2.75. The zero-order valence-corrected chi connectivity index (χ0v) is 20.8. The van der Waals surface area contributed by atoms with Crippen molar-refractivity contribution >= 4 is 45.0 Å². The van der Waals surface area contributed by atoms with Crippen LogP contribution in [-0.4, -0.2) is 40.3 Å². The number of ether oxygens (including phenoxy) is 1. The van der Waals surface area contributed by atoms with Gasteiger partial charge >= 0.3 is 0 Å². The lowest BCUT2D eigenvalue weighted by Gasteiger charge is -2.24. The van der Waals surface area contributed by atoms with Crippen LogP contribution in [0.2, 0.25) is 5.02 Å². The average Bonchev–Trinajstić information content (AvgIpc) is 2.83. The summed E-state index contributed by atoms with van der Waals surface area (Å²) in [6.07, 6.45) is 0. The van der Waals surface area contributed by atoms with Crippen molar-refractivity contribution < 1.29 is 22.3 Å². The van der Waals surface area contributed by atoms with Crippen molar-refractivity contribution in [1.29, 1.82) is 0 Å². The van der Waals surface area contributed by atoms with Crippen LogP contribution < -0.4 is 14.4 Å². The molecule has 0 spiro atoms. The van der Waals surface area contributed by atoms with Crippen molar-refractivity contribution in [2.45, 2.75) is 10.6 Å². The maximum Gasteiger partial charge on any atom is 0.264 e. The van der Waals surface area contributed by atoms with Crippen LogP contribution in [0.15, 0.2) is 77.7 Å². The number of halogens is 2. The van der Waals surface area contributed by atoms with Crippen LogP contribution >= 0.6 is 23.4 Å². The lowest BCUT2D eigenvalue weighted by molar-refractivity contribution is -0.119. The molecule has 0 radical (unpaired) electrons. The summed E-state index contributed by atoms with van der Waals surface area (Å²) in [6.45, 7) is -0.230. The maximum atomic E-state index is 14.5. The monoisotopic (exact) mass is 522 g/mol. The minimum Gasteiger partial charge on any atom is -0.497 e. The summed E-state index contributed by atoms with van der Waals surface area (Å²) in [5.41, 5.74) is 0.865. The van der Waals surface area contributed by atoms with Gasteiger partial charge in [-0.15, -0.1) is 0 Å². The van der Waals surface area contributed by atoms with Crippen LogP contribution in [0, 0.1) is 5.82 Å². The first-order valence-corrected chi connectivity index (χ1v) is 13.3. The average molecular weight is 523 g/mol. The van der Waals surface area contributed by atoms with Gasteiger partial charge in [0.2, 0.25) is 5.91 Å². The molecule has 1 N–H and O–H groups in total. The number of anilines is 1. The first-order chi connectivity index (χ1) is 16.3. The number of hydrogen-bond acceptors (Lipinski definition) is 5. The second-order valence-electron chi connectivity index (χ2n) is 7.17. The number of sulfonamides is 1. The Morgan fingerprint density at radius 3 is 2.50 bits per heavy atom. The third-order valence-corrected chi connectivity index (χ3v) is 7.82. The number of nitrogens with zero attached hydrogens (tertiary/aromatic N) is 1. The topological polar surface area (TPSA) is 75.7 Å². The number of hydrogen-bond donors (Lipinski definition) is 1. The third kappa shape index (κ3) is 6.88. The Bertz CT molecular complexity index is 1220. The molecule has 0 saturated carbocycles. The fraction of sp³-hybridized carbons (Fsp3) is 0.208. The van der Waals surface area contributed by atoms with Gasteiger partial charge in [-0.3, -0.25) is 9.10 Å². The van der Waals surface area contributed by atoms with Crippen molar-refractivity contribution in [1.82, 2.24) is 5.32 Å². The summed E-state index contributed by atoms with van der Waals surface area (Å²) in [5, 5.41) is 3.37. The van der Waals surface area contributed by atoms with Crippen LogP contribution in [0.1, 0.15) is 5.56 Å². The molecule has 180 valence electrons. The van der Waals surface area contributed by atoms with Gasteiger partial charge in [-0.2, -0.15) is 11.8 Å². The molecule has 0 fully saturated rings. The number of carbonyl (C=O) groups is 1. The molecule has 3 rings (SSSR count). The van der Waals surface area contributed by atoms with E-state index in [0.717, 1.165) is 21.7 Å². The molecule has 34 heavy (non-hydrogen) atoms. The van der Waals surface area contributed by atoms with Crippen LogP contribution in [0.4, 0.5) is 10.1 Å². The van der Waals surface area contributed by atoms with Crippen molar-refractivity contribution in [3.63, 3.8) is 0 Å². The molecule has 1 amide bonds. The molecular formula is C24H24ClFN2O4S2. The van der Waals surface area contributed by atoms with E-state index in [2.05, 4.69) is 5.32 Å². The van der Waals surface area contributed by atoms with E-state index in [1.165, 1.54) is 49.6 Å². The van der Waals surface area contributed by atoms with Gasteiger partial charge in [-0.25, -0.2) is 12.8 Å². The van der Waals surface area contributed by atoms with Crippen LogP contribution in [0.5, 0.6) is 5.75 Å². The van der Waals surface area contributed by atoms with E-state index in [1.54, 1.807) is 17.8 Å². The van der Waals surface area contributed by atoms with E-state index in [9.17, 15) is 17.6 Å². The lowest BCUT2D eigenvalue weighted by Crippen LogP contribution is -2.41. The number of carbonyl (C=O) groups excluding carboxylic acids is 1. The van der Waals surface area contributed by atoms with Crippen molar-refractivity contribution in [3.8, 4) is 5.75 Å². The Hall–Kier alpha value is -2.75. The van der Waals surface area contributed by atoms with E-state index >= 15 is 0 Å².